The third-order valence-corrected chi connectivity index (χ3v) is 5.23. The first-order valence-corrected chi connectivity index (χ1v) is 10.9. The third-order valence-electron chi connectivity index (χ3n) is 5.23. The normalized spacial score (nSPS) is 10.6. The second-order valence-electron chi connectivity index (χ2n) is 7.98. The maximum atomic E-state index is 13.3. The molecule has 0 aliphatic heterocycles. The Hall–Kier alpha value is -3.54. The Morgan fingerprint density at radius 3 is 2.38 bits per heavy atom. The summed E-state index contributed by atoms with van der Waals surface area (Å²) in [5.41, 5.74) is 3.90. The summed E-state index contributed by atoms with van der Waals surface area (Å²) in [6.45, 7) is 7.25. The number of hydrogen-bond acceptors (Lipinski definition) is 3. The van der Waals surface area contributed by atoms with Crippen molar-refractivity contribution in [3.05, 3.63) is 89.4 Å². The molecule has 0 fully saturated rings. The molecule has 32 heavy (non-hydrogen) atoms. The van der Waals surface area contributed by atoms with Crippen LogP contribution < -0.4 is 5.32 Å². The number of nitrogens with zero attached hydrogens (tertiary/aromatic N) is 2. The predicted octanol–water partition coefficient (Wildman–Crippen LogP) is 5.37. The number of furan rings is 1. The Bertz CT molecular complexity index is 1020. The molecule has 0 aliphatic rings. The number of benzene rings is 2. The van der Waals surface area contributed by atoms with Crippen LogP contribution in [0.3, 0.4) is 0 Å². The zero-order valence-electron chi connectivity index (χ0n) is 19.0. The number of urea groups is 1. The lowest BCUT2D eigenvalue weighted by atomic mass is 10.1. The Morgan fingerprint density at radius 1 is 0.938 bits per heavy atom. The second kappa shape index (κ2) is 11.2. The van der Waals surface area contributed by atoms with Gasteiger partial charge in [0.1, 0.15) is 12.3 Å². The molecule has 3 rings (SSSR count). The summed E-state index contributed by atoms with van der Waals surface area (Å²) in [7, 11) is 0. The summed E-state index contributed by atoms with van der Waals surface area (Å²) in [5, 5.41) is 2.96. The van der Waals surface area contributed by atoms with E-state index in [1.807, 2.05) is 75.4 Å². The molecular weight excluding hydrogens is 402 g/mol. The highest BCUT2D eigenvalue weighted by Crippen LogP contribution is 2.17. The highest BCUT2D eigenvalue weighted by Gasteiger charge is 2.22. The Kier molecular flexibility index (Phi) is 8.08. The van der Waals surface area contributed by atoms with Gasteiger partial charge in [-0.1, -0.05) is 55.0 Å². The van der Waals surface area contributed by atoms with Gasteiger partial charge in [0, 0.05) is 18.8 Å². The Balaban J connectivity index is 1.73. The van der Waals surface area contributed by atoms with E-state index in [9.17, 15) is 9.59 Å². The van der Waals surface area contributed by atoms with Crippen LogP contribution in [0.25, 0.3) is 0 Å². The van der Waals surface area contributed by atoms with E-state index in [0.717, 1.165) is 28.8 Å². The third kappa shape index (κ3) is 6.48. The SMILES string of the molecule is CCCN(CC(=O)N(Cc1ccccc1)Cc1ccco1)C(=O)Nc1ccc(C)cc1C. The number of nitrogens with one attached hydrogen (secondary N) is 1. The van der Waals surface area contributed by atoms with E-state index in [1.54, 1.807) is 22.1 Å². The summed E-state index contributed by atoms with van der Waals surface area (Å²) in [5.74, 6) is 0.575. The molecule has 168 valence electrons. The number of anilines is 1. The van der Waals surface area contributed by atoms with Gasteiger partial charge in [-0.15, -0.1) is 0 Å². The van der Waals surface area contributed by atoms with Crippen molar-refractivity contribution in [2.24, 2.45) is 0 Å². The number of aryl methyl sites for hydroxylation is 2. The van der Waals surface area contributed by atoms with Gasteiger partial charge >= 0.3 is 6.03 Å². The minimum atomic E-state index is -0.273. The van der Waals surface area contributed by atoms with Gasteiger partial charge in [-0.25, -0.2) is 4.79 Å². The summed E-state index contributed by atoms with van der Waals surface area (Å²) >= 11 is 0. The van der Waals surface area contributed by atoms with E-state index in [2.05, 4.69) is 5.32 Å². The molecular formula is C26H31N3O3. The second-order valence-corrected chi connectivity index (χ2v) is 7.98. The number of carbonyl (C=O) groups is 2. The molecule has 0 spiro atoms. The molecule has 0 bridgehead atoms. The van der Waals surface area contributed by atoms with Gasteiger partial charge in [0.15, 0.2) is 0 Å². The average molecular weight is 434 g/mol. The van der Waals surface area contributed by atoms with Crippen molar-refractivity contribution in [1.82, 2.24) is 9.80 Å². The molecule has 0 radical (unpaired) electrons. The van der Waals surface area contributed by atoms with Crippen LogP contribution in [0.1, 0.15) is 35.8 Å². The highest BCUT2D eigenvalue weighted by molar-refractivity contribution is 5.93. The maximum Gasteiger partial charge on any atom is 0.322 e. The van der Waals surface area contributed by atoms with Crippen molar-refractivity contribution in [3.8, 4) is 0 Å². The molecule has 0 saturated heterocycles. The minimum Gasteiger partial charge on any atom is -0.467 e. The molecule has 0 saturated carbocycles. The quantitative estimate of drug-likeness (QED) is 0.493. The van der Waals surface area contributed by atoms with E-state index >= 15 is 0 Å². The van der Waals surface area contributed by atoms with Gasteiger partial charge in [-0.05, 0) is 49.6 Å². The fourth-order valence-electron chi connectivity index (χ4n) is 3.56. The largest absolute Gasteiger partial charge is 0.467 e. The fourth-order valence-corrected chi connectivity index (χ4v) is 3.56. The molecule has 1 aromatic heterocycles. The molecule has 2 aromatic carbocycles. The van der Waals surface area contributed by atoms with E-state index in [0.29, 0.717) is 25.4 Å². The maximum absolute atomic E-state index is 13.3. The molecule has 6 heteroatoms. The molecule has 3 aromatic rings. The van der Waals surface area contributed by atoms with Crippen molar-refractivity contribution in [2.75, 3.05) is 18.4 Å². The molecule has 0 aliphatic carbocycles. The van der Waals surface area contributed by atoms with Crippen molar-refractivity contribution < 1.29 is 14.0 Å². The molecule has 0 atom stereocenters. The van der Waals surface area contributed by atoms with Gasteiger partial charge in [-0.2, -0.15) is 0 Å². The number of hydrogen-bond donors (Lipinski definition) is 1. The highest BCUT2D eigenvalue weighted by atomic mass is 16.3. The number of carbonyl (C=O) groups excluding carboxylic acids is 2. The van der Waals surface area contributed by atoms with Crippen LogP contribution in [0.4, 0.5) is 10.5 Å². The Labute approximate surface area is 189 Å². The van der Waals surface area contributed by atoms with E-state index < -0.39 is 0 Å². The first-order valence-electron chi connectivity index (χ1n) is 10.9. The van der Waals surface area contributed by atoms with Crippen molar-refractivity contribution in [1.29, 1.82) is 0 Å². The van der Waals surface area contributed by atoms with Gasteiger partial charge in [0.2, 0.25) is 5.91 Å². The lowest BCUT2D eigenvalue weighted by molar-refractivity contribution is -0.133. The van der Waals surface area contributed by atoms with E-state index in [1.165, 1.54) is 0 Å². The standard InChI is InChI=1S/C26H31N3O3/c1-4-14-28(26(31)27-24-13-12-20(2)16-21(24)3)19-25(30)29(18-23-11-8-15-32-23)17-22-9-6-5-7-10-22/h5-13,15-16H,4,14,17-19H2,1-3H3,(H,27,31). The van der Waals surface area contributed by atoms with E-state index in [-0.39, 0.29) is 18.5 Å². The molecule has 1 N–H and O–H groups in total. The van der Waals surface area contributed by atoms with Crippen molar-refractivity contribution >= 4 is 17.6 Å². The number of amides is 3. The van der Waals surface area contributed by atoms with Crippen LogP contribution in [-0.4, -0.2) is 34.8 Å². The van der Waals surface area contributed by atoms with Crippen LogP contribution in [0.2, 0.25) is 0 Å². The Morgan fingerprint density at radius 2 is 1.72 bits per heavy atom. The van der Waals surface area contributed by atoms with Crippen LogP contribution in [0, 0.1) is 13.8 Å². The van der Waals surface area contributed by atoms with Gasteiger partial charge < -0.3 is 19.5 Å². The van der Waals surface area contributed by atoms with Crippen LogP contribution in [-0.2, 0) is 17.9 Å². The van der Waals surface area contributed by atoms with Gasteiger partial charge in [0.05, 0.1) is 12.8 Å². The summed E-state index contributed by atoms with van der Waals surface area (Å²) in [6, 6.07) is 19.1. The topological polar surface area (TPSA) is 65.8 Å². The van der Waals surface area contributed by atoms with Gasteiger partial charge in [-0.3, -0.25) is 4.79 Å². The molecule has 0 unspecified atom stereocenters. The van der Waals surface area contributed by atoms with Gasteiger partial charge in [0.25, 0.3) is 0 Å². The average Bonchev–Trinajstić information content (AvgIpc) is 3.29. The van der Waals surface area contributed by atoms with E-state index in [4.69, 9.17) is 4.42 Å². The number of rotatable bonds is 9. The summed E-state index contributed by atoms with van der Waals surface area (Å²) in [6.07, 6.45) is 2.35. The molecule has 6 nitrogen and oxygen atoms in total. The minimum absolute atomic E-state index is 0.00186. The molecule has 3 amide bonds. The van der Waals surface area contributed by atoms with Crippen LogP contribution in [0.15, 0.2) is 71.3 Å². The van der Waals surface area contributed by atoms with Crippen molar-refractivity contribution in [3.63, 3.8) is 0 Å². The monoisotopic (exact) mass is 433 g/mol. The summed E-state index contributed by atoms with van der Waals surface area (Å²) in [4.78, 5) is 29.6. The zero-order chi connectivity index (χ0) is 22.9. The molecule has 1 heterocycles. The lowest BCUT2D eigenvalue weighted by Gasteiger charge is -2.27. The first kappa shape index (κ1) is 23.1. The fraction of sp³-hybridized carbons (Fsp3) is 0.308. The zero-order valence-corrected chi connectivity index (χ0v) is 19.0. The smallest absolute Gasteiger partial charge is 0.322 e. The van der Waals surface area contributed by atoms with Crippen molar-refractivity contribution in [2.45, 2.75) is 40.3 Å². The van der Waals surface area contributed by atoms with Crippen LogP contribution >= 0.6 is 0 Å². The first-order chi connectivity index (χ1) is 15.5. The lowest BCUT2D eigenvalue weighted by Crippen LogP contribution is -2.44. The predicted molar refractivity (Wildman–Crippen MR) is 126 cm³/mol. The van der Waals surface area contributed by atoms with Crippen LogP contribution in [0.5, 0.6) is 0 Å². The summed E-state index contributed by atoms with van der Waals surface area (Å²) < 4.78 is 5.47.